The maximum absolute atomic E-state index is 4.02. The van der Waals surface area contributed by atoms with Crippen molar-refractivity contribution in [2.75, 3.05) is 18.6 Å². The normalized spacial score (nSPS) is 21.4. The highest BCUT2D eigenvalue weighted by molar-refractivity contribution is 7.99. The van der Waals surface area contributed by atoms with E-state index in [2.05, 4.69) is 30.6 Å². The highest BCUT2D eigenvalue weighted by atomic mass is 32.2. The molecule has 1 heterocycles. The Morgan fingerprint density at radius 1 is 1.54 bits per heavy atom. The zero-order chi connectivity index (χ0) is 9.68. The van der Waals surface area contributed by atoms with Crippen molar-refractivity contribution in [1.82, 2.24) is 5.32 Å². The molecule has 0 amide bonds. The van der Waals surface area contributed by atoms with Gasteiger partial charge < -0.3 is 5.32 Å². The Morgan fingerprint density at radius 3 is 2.62 bits per heavy atom. The summed E-state index contributed by atoms with van der Waals surface area (Å²) in [7, 11) is 2.04. The third kappa shape index (κ3) is 3.74. The molecule has 0 saturated carbocycles. The number of nitrogens with one attached hydrogen (secondary N) is 1. The molecule has 0 aromatic rings. The summed E-state index contributed by atoms with van der Waals surface area (Å²) in [4.78, 5) is 0. The van der Waals surface area contributed by atoms with E-state index >= 15 is 0 Å². The lowest BCUT2D eigenvalue weighted by Gasteiger charge is -2.26. The Hall–Kier alpha value is 0.0500. The standard InChI is InChI=1S/C11H21NS/c1-9(2)11(12-3)8-10-4-6-13-7-5-10/h10-12H,1,4-8H2,2-3H3. The molecule has 1 saturated heterocycles. The van der Waals surface area contributed by atoms with Crippen LogP contribution in [-0.4, -0.2) is 24.6 Å². The molecule has 1 nitrogen and oxygen atoms in total. The molecule has 76 valence electrons. The third-order valence-corrected chi connectivity index (χ3v) is 3.90. The molecule has 0 aromatic heterocycles. The van der Waals surface area contributed by atoms with Gasteiger partial charge in [-0.2, -0.15) is 11.8 Å². The zero-order valence-corrected chi connectivity index (χ0v) is 9.62. The second kappa shape index (κ2) is 5.71. The Kier molecular flexibility index (Phi) is 4.89. The lowest BCUT2D eigenvalue weighted by atomic mass is 9.92. The van der Waals surface area contributed by atoms with E-state index in [0.717, 1.165) is 5.92 Å². The van der Waals surface area contributed by atoms with Gasteiger partial charge in [0.25, 0.3) is 0 Å². The molecule has 13 heavy (non-hydrogen) atoms. The van der Waals surface area contributed by atoms with E-state index in [-0.39, 0.29) is 0 Å². The molecule has 0 aromatic carbocycles. The molecule has 2 heteroatoms. The minimum atomic E-state index is 0.535. The minimum absolute atomic E-state index is 0.535. The largest absolute Gasteiger partial charge is 0.313 e. The molecular weight excluding hydrogens is 178 g/mol. The minimum Gasteiger partial charge on any atom is -0.313 e. The zero-order valence-electron chi connectivity index (χ0n) is 8.81. The van der Waals surface area contributed by atoms with Gasteiger partial charge in [0.1, 0.15) is 0 Å². The van der Waals surface area contributed by atoms with Crippen molar-refractivity contribution in [1.29, 1.82) is 0 Å². The van der Waals surface area contributed by atoms with E-state index in [1.54, 1.807) is 0 Å². The van der Waals surface area contributed by atoms with E-state index < -0.39 is 0 Å². The average Bonchev–Trinajstić information content (AvgIpc) is 2.15. The Morgan fingerprint density at radius 2 is 2.15 bits per heavy atom. The Bertz CT molecular complexity index is 161. The van der Waals surface area contributed by atoms with E-state index in [4.69, 9.17) is 0 Å². The van der Waals surface area contributed by atoms with Gasteiger partial charge in [0.05, 0.1) is 0 Å². The quantitative estimate of drug-likeness (QED) is 0.699. The van der Waals surface area contributed by atoms with Crippen LogP contribution in [0.15, 0.2) is 12.2 Å². The number of rotatable bonds is 4. The molecule has 1 aliphatic rings. The third-order valence-electron chi connectivity index (χ3n) is 2.85. The topological polar surface area (TPSA) is 12.0 Å². The average molecular weight is 199 g/mol. The predicted octanol–water partition coefficient (Wildman–Crippen LogP) is 2.68. The Labute approximate surface area is 86.4 Å². The van der Waals surface area contributed by atoms with Gasteiger partial charge in [-0.1, -0.05) is 12.2 Å². The fourth-order valence-corrected chi connectivity index (χ4v) is 3.08. The first-order valence-corrected chi connectivity index (χ1v) is 6.30. The molecule has 1 aliphatic heterocycles. The van der Waals surface area contributed by atoms with Crippen molar-refractivity contribution < 1.29 is 0 Å². The molecule has 0 bridgehead atoms. The summed E-state index contributed by atoms with van der Waals surface area (Å²) in [6, 6.07) is 0.535. The molecule has 1 fully saturated rings. The van der Waals surface area contributed by atoms with Crippen molar-refractivity contribution in [3.63, 3.8) is 0 Å². The maximum atomic E-state index is 4.02. The first-order valence-electron chi connectivity index (χ1n) is 5.14. The fraction of sp³-hybridized carbons (Fsp3) is 0.818. The highest BCUT2D eigenvalue weighted by Gasteiger charge is 2.18. The number of hydrogen-bond acceptors (Lipinski definition) is 2. The molecule has 1 atom stereocenters. The lowest BCUT2D eigenvalue weighted by molar-refractivity contribution is 0.403. The summed E-state index contributed by atoms with van der Waals surface area (Å²) in [5.41, 5.74) is 1.28. The summed E-state index contributed by atoms with van der Waals surface area (Å²) in [6.07, 6.45) is 4.08. The first kappa shape index (κ1) is 11.1. The van der Waals surface area contributed by atoms with Crippen LogP contribution >= 0.6 is 11.8 Å². The molecule has 0 radical (unpaired) electrons. The van der Waals surface area contributed by atoms with Crippen LogP contribution in [0.3, 0.4) is 0 Å². The smallest absolute Gasteiger partial charge is 0.0273 e. The van der Waals surface area contributed by atoms with Gasteiger partial charge in [-0.25, -0.2) is 0 Å². The van der Waals surface area contributed by atoms with Gasteiger partial charge in [0.15, 0.2) is 0 Å². The lowest BCUT2D eigenvalue weighted by Crippen LogP contribution is -2.29. The fourth-order valence-electron chi connectivity index (χ4n) is 1.88. The van der Waals surface area contributed by atoms with Crippen LogP contribution in [0.5, 0.6) is 0 Å². The predicted molar refractivity (Wildman–Crippen MR) is 62.3 cm³/mol. The van der Waals surface area contributed by atoms with E-state index in [1.807, 2.05) is 7.05 Å². The summed E-state index contributed by atoms with van der Waals surface area (Å²) in [6.45, 7) is 6.15. The second-order valence-corrected chi connectivity index (χ2v) is 5.20. The maximum Gasteiger partial charge on any atom is 0.0273 e. The van der Waals surface area contributed by atoms with Crippen LogP contribution in [0.1, 0.15) is 26.2 Å². The van der Waals surface area contributed by atoms with Crippen molar-refractivity contribution in [2.24, 2.45) is 5.92 Å². The van der Waals surface area contributed by atoms with Crippen molar-refractivity contribution in [2.45, 2.75) is 32.2 Å². The summed E-state index contributed by atoms with van der Waals surface area (Å²) < 4.78 is 0. The van der Waals surface area contributed by atoms with E-state index in [9.17, 15) is 0 Å². The monoisotopic (exact) mass is 199 g/mol. The van der Waals surface area contributed by atoms with Gasteiger partial charge in [-0.05, 0) is 50.7 Å². The summed E-state index contributed by atoms with van der Waals surface area (Å²) in [5, 5.41) is 3.34. The Balaban J connectivity index is 2.31. The van der Waals surface area contributed by atoms with Crippen molar-refractivity contribution >= 4 is 11.8 Å². The van der Waals surface area contributed by atoms with Gasteiger partial charge in [0, 0.05) is 6.04 Å². The summed E-state index contributed by atoms with van der Waals surface area (Å²) in [5.74, 6) is 3.64. The first-order chi connectivity index (χ1) is 6.24. The van der Waals surface area contributed by atoms with Crippen molar-refractivity contribution in [3.8, 4) is 0 Å². The molecule has 0 spiro atoms. The van der Waals surface area contributed by atoms with Gasteiger partial charge >= 0.3 is 0 Å². The van der Waals surface area contributed by atoms with Gasteiger partial charge in [-0.15, -0.1) is 0 Å². The number of thioether (sulfide) groups is 1. The molecular formula is C11H21NS. The highest BCUT2D eigenvalue weighted by Crippen LogP contribution is 2.27. The summed E-state index contributed by atoms with van der Waals surface area (Å²) >= 11 is 2.10. The van der Waals surface area contributed by atoms with Crippen LogP contribution in [0.2, 0.25) is 0 Å². The number of likely N-dealkylation sites (N-methyl/N-ethyl adjacent to an activating group) is 1. The van der Waals surface area contributed by atoms with Crippen molar-refractivity contribution in [3.05, 3.63) is 12.2 Å². The second-order valence-electron chi connectivity index (χ2n) is 3.98. The molecule has 1 rings (SSSR count). The van der Waals surface area contributed by atoms with Crippen LogP contribution in [0.4, 0.5) is 0 Å². The molecule has 0 aliphatic carbocycles. The van der Waals surface area contributed by atoms with E-state index in [0.29, 0.717) is 6.04 Å². The van der Waals surface area contributed by atoms with Gasteiger partial charge in [-0.3, -0.25) is 0 Å². The van der Waals surface area contributed by atoms with Crippen LogP contribution in [0, 0.1) is 5.92 Å². The van der Waals surface area contributed by atoms with Crippen LogP contribution < -0.4 is 5.32 Å². The van der Waals surface area contributed by atoms with E-state index in [1.165, 1.54) is 36.3 Å². The van der Waals surface area contributed by atoms with Crippen LogP contribution in [0.25, 0.3) is 0 Å². The molecule has 1 unspecified atom stereocenters. The van der Waals surface area contributed by atoms with Crippen LogP contribution in [-0.2, 0) is 0 Å². The van der Waals surface area contributed by atoms with Gasteiger partial charge in [0.2, 0.25) is 0 Å². The molecule has 1 N–H and O–H groups in total. The SMILES string of the molecule is C=C(C)C(CC1CCSCC1)NC. The number of hydrogen-bond donors (Lipinski definition) is 1.